The molecule has 1 aromatic heterocycles. The fraction of sp³-hybridized carbons (Fsp3) is 0.571. The molecule has 1 aromatic rings. The van der Waals surface area contributed by atoms with E-state index in [0.717, 1.165) is 0 Å². The van der Waals surface area contributed by atoms with E-state index in [1.54, 1.807) is 6.92 Å². The molecule has 0 aliphatic rings. The molecule has 1 rings (SSSR count). The monoisotopic (exact) mass is 171 g/mol. The Morgan fingerprint density at radius 3 is 2.83 bits per heavy atom. The number of aryl methyl sites for hydroxylation is 1. The second-order valence-corrected chi connectivity index (χ2v) is 3.28. The molecule has 0 saturated heterocycles. The number of nitrogens with zero attached hydrogens (tertiary/aromatic N) is 2. The number of hydrogen-bond acceptors (Lipinski definition) is 3. The Bertz CT molecular complexity index is 256. The zero-order valence-electron chi connectivity index (χ0n) is 7.36. The van der Waals surface area contributed by atoms with E-state index in [9.17, 15) is 0 Å². The van der Waals surface area contributed by atoms with Gasteiger partial charge in [0.25, 0.3) is 0 Å². The quantitative estimate of drug-likeness (QED) is 0.309. The van der Waals surface area contributed by atoms with Gasteiger partial charge in [-0.1, -0.05) is 0 Å². The third-order valence-corrected chi connectivity index (χ3v) is 1.59. The lowest BCUT2D eigenvalue weighted by molar-refractivity contribution is -0.671. The average Bonchev–Trinajstić information content (AvgIpc) is 2.35. The Hall–Kier alpha value is -0.910. The van der Waals surface area contributed by atoms with Crippen LogP contribution in [-0.4, -0.2) is 15.4 Å². The minimum absolute atomic E-state index is 0.518. The molecule has 0 fully saturated rings. The van der Waals surface area contributed by atoms with Crippen LogP contribution in [0.15, 0.2) is 18.7 Å². The Balaban J connectivity index is 2.63. The van der Waals surface area contributed by atoms with Crippen molar-refractivity contribution in [2.75, 3.05) is 0 Å². The lowest BCUT2D eigenvalue weighted by atomic mass is 10.2. The van der Waals surface area contributed by atoms with E-state index in [4.69, 9.17) is 10.9 Å². The molecule has 1 heterocycles. The largest absolute Gasteiger partial charge is 0.315 e. The molecule has 12 heavy (non-hydrogen) atoms. The number of imidazole rings is 1. The summed E-state index contributed by atoms with van der Waals surface area (Å²) in [4.78, 5) is 0. The van der Waals surface area contributed by atoms with Crippen LogP contribution in [0.5, 0.6) is 0 Å². The molecule has 1 atom stereocenters. The van der Waals surface area contributed by atoms with Gasteiger partial charge in [0.2, 0.25) is 6.33 Å². The van der Waals surface area contributed by atoms with Gasteiger partial charge in [0.05, 0.1) is 7.05 Å². The smallest absolute Gasteiger partial charge is 0.243 e. The fourth-order valence-corrected chi connectivity index (χ4v) is 1.01. The summed E-state index contributed by atoms with van der Waals surface area (Å²) in [6, 6.07) is 0. The maximum Gasteiger partial charge on any atom is 0.243 e. The minimum Gasteiger partial charge on any atom is -0.315 e. The van der Waals surface area contributed by atoms with E-state index in [2.05, 4.69) is 0 Å². The van der Waals surface area contributed by atoms with Crippen LogP contribution in [-0.2, 0) is 13.6 Å². The van der Waals surface area contributed by atoms with Crippen molar-refractivity contribution in [2.24, 2.45) is 12.8 Å². The van der Waals surface area contributed by atoms with Crippen LogP contribution in [0.4, 0.5) is 0 Å². The standard InChI is InChI=1S/C7H15N4O/c1-7(8,9-12)5-11-4-3-10(2)6-11/h3-4,6,9,12H,5,8H2,1-2H3/q+1. The van der Waals surface area contributed by atoms with Crippen LogP contribution in [0.1, 0.15) is 6.92 Å². The maximum absolute atomic E-state index is 8.67. The Morgan fingerprint density at radius 2 is 2.42 bits per heavy atom. The lowest BCUT2D eigenvalue weighted by Gasteiger charge is -2.19. The van der Waals surface area contributed by atoms with E-state index >= 15 is 0 Å². The van der Waals surface area contributed by atoms with Crippen LogP contribution in [0.3, 0.4) is 0 Å². The van der Waals surface area contributed by atoms with Crippen molar-refractivity contribution in [1.82, 2.24) is 10.0 Å². The number of nitrogens with two attached hydrogens (primary N) is 1. The van der Waals surface area contributed by atoms with Crippen molar-refractivity contribution in [1.29, 1.82) is 0 Å². The summed E-state index contributed by atoms with van der Waals surface area (Å²) in [5, 5.41) is 8.67. The van der Waals surface area contributed by atoms with Gasteiger partial charge in [-0.05, 0) is 6.92 Å². The van der Waals surface area contributed by atoms with Gasteiger partial charge >= 0.3 is 0 Å². The molecule has 0 radical (unpaired) electrons. The molecular weight excluding hydrogens is 156 g/mol. The number of rotatable bonds is 3. The third-order valence-electron chi connectivity index (χ3n) is 1.59. The molecule has 1 unspecified atom stereocenters. The summed E-state index contributed by atoms with van der Waals surface area (Å²) in [7, 11) is 1.93. The van der Waals surface area contributed by atoms with Gasteiger partial charge in [0.15, 0.2) is 0 Å². The zero-order chi connectivity index (χ0) is 9.19. The highest BCUT2D eigenvalue weighted by atomic mass is 16.5. The van der Waals surface area contributed by atoms with E-state index in [-0.39, 0.29) is 0 Å². The molecule has 0 saturated carbocycles. The molecule has 0 aliphatic carbocycles. The van der Waals surface area contributed by atoms with Gasteiger partial charge in [0.1, 0.15) is 24.6 Å². The highest BCUT2D eigenvalue weighted by molar-refractivity contribution is 4.76. The normalized spacial score (nSPS) is 16.0. The van der Waals surface area contributed by atoms with Gasteiger partial charge < -0.3 is 10.9 Å². The predicted molar refractivity (Wildman–Crippen MR) is 43.1 cm³/mol. The Labute approximate surface area is 71.4 Å². The van der Waals surface area contributed by atoms with E-state index < -0.39 is 5.66 Å². The summed E-state index contributed by atoms with van der Waals surface area (Å²) in [6.07, 6.45) is 5.69. The minimum atomic E-state index is -0.786. The molecule has 5 nitrogen and oxygen atoms in total. The van der Waals surface area contributed by atoms with Crippen molar-refractivity contribution in [3.05, 3.63) is 18.7 Å². The average molecular weight is 171 g/mol. The van der Waals surface area contributed by atoms with Crippen LogP contribution >= 0.6 is 0 Å². The van der Waals surface area contributed by atoms with Crippen LogP contribution in [0.2, 0.25) is 0 Å². The third kappa shape index (κ3) is 2.30. The maximum atomic E-state index is 8.67. The second kappa shape index (κ2) is 3.22. The van der Waals surface area contributed by atoms with Crippen molar-refractivity contribution >= 4 is 0 Å². The number of aromatic nitrogens is 2. The number of nitrogens with one attached hydrogen (secondary N) is 1. The van der Waals surface area contributed by atoms with Gasteiger partial charge in [0, 0.05) is 0 Å². The Kier molecular flexibility index (Phi) is 2.46. The van der Waals surface area contributed by atoms with Gasteiger partial charge in [-0.2, -0.15) is 5.48 Å². The first-order chi connectivity index (χ1) is 5.53. The molecule has 0 amide bonds. The summed E-state index contributed by atoms with van der Waals surface area (Å²) in [5.74, 6) is 0. The van der Waals surface area contributed by atoms with E-state index in [0.29, 0.717) is 6.54 Å². The zero-order valence-corrected chi connectivity index (χ0v) is 7.36. The summed E-state index contributed by atoms with van der Waals surface area (Å²) in [5.41, 5.74) is 6.93. The molecular formula is C7H15N4O+. The van der Waals surface area contributed by atoms with Crippen LogP contribution in [0, 0.1) is 0 Å². The van der Waals surface area contributed by atoms with Crippen LogP contribution in [0.25, 0.3) is 0 Å². The molecule has 0 bridgehead atoms. The van der Waals surface area contributed by atoms with Crippen molar-refractivity contribution in [3.8, 4) is 0 Å². The van der Waals surface area contributed by atoms with Crippen molar-refractivity contribution in [3.63, 3.8) is 0 Å². The molecule has 0 spiro atoms. The summed E-state index contributed by atoms with van der Waals surface area (Å²) in [6.45, 7) is 2.23. The van der Waals surface area contributed by atoms with E-state index in [1.807, 2.05) is 40.4 Å². The fourth-order valence-electron chi connectivity index (χ4n) is 1.01. The first-order valence-electron chi connectivity index (χ1n) is 3.75. The number of hydrogen-bond donors (Lipinski definition) is 3. The second-order valence-electron chi connectivity index (χ2n) is 3.28. The van der Waals surface area contributed by atoms with Crippen molar-refractivity contribution in [2.45, 2.75) is 19.1 Å². The topological polar surface area (TPSA) is 67.1 Å². The predicted octanol–water partition coefficient (Wildman–Crippen LogP) is -1.03. The SMILES string of the molecule is C[n+]1ccn(CC(C)(N)NO)c1. The van der Waals surface area contributed by atoms with Gasteiger partial charge in [-0.25, -0.2) is 9.13 Å². The Morgan fingerprint density at radius 1 is 1.75 bits per heavy atom. The van der Waals surface area contributed by atoms with Gasteiger partial charge in [-0.15, -0.1) is 0 Å². The lowest BCUT2D eigenvalue weighted by Crippen LogP contribution is -2.52. The highest BCUT2D eigenvalue weighted by Gasteiger charge is 2.20. The van der Waals surface area contributed by atoms with Gasteiger partial charge in [-0.3, -0.25) is 0 Å². The molecule has 4 N–H and O–H groups in total. The van der Waals surface area contributed by atoms with Crippen molar-refractivity contribution < 1.29 is 9.77 Å². The first kappa shape index (κ1) is 9.18. The molecule has 0 aromatic carbocycles. The molecule has 68 valence electrons. The molecule has 0 aliphatic heterocycles. The molecule has 5 heteroatoms. The first-order valence-corrected chi connectivity index (χ1v) is 3.75. The van der Waals surface area contributed by atoms with E-state index in [1.165, 1.54) is 0 Å². The summed E-state index contributed by atoms with van der Waals surface area (Å²) >= 11 is 0. The highest BCUT2D eigenvalue weighted by Crippen LogP contribution is 1.96. The van der Waals surface area contributed by atoms with Crippen LogP contribution < -0.4 is 15.8 Å². The number of hydroxylamine groups is 1. The summed E-state index contributed by atoms with van der Waals surface area (Å²) < 4.78 is 3.80.